The van der Waals surface area contributed by atoms with Gasteiger partial charge in [-0.3, -0.25) is 13.9 Å². The number of hydrogen-bond acceptors (Lipinski definition) is 8. The van der Waals surface area contributed by atoms with Gasteiger partial charge in [-0.15, -0.1) is 0 Å². The van der Waals surface area contributed by atoms with Crippen LogP contribution in [-0.4, -0.2) is 54.5 Å². The van der Waals surface area contributed by atoms with Crippen molar-refractivity contribution in [3.05, 3.63) is 62.6 Å². The molecule has 0 saturated carbocycles. The highest BCUT2D eigenvalue weighted by Crippen LogP contribution is 2.28. The highest BCUT2D eigenvalue weighted by atomic mass is 16.6. The predicted octanol–water partition coefficient (Wildman–Crippen LogP) is -0.881. The quantitative estimate of drug-likeness (QED) is 0.523. The van der Waals surface area contributed by atoms with Crippen molar-refractivity contribution >= 4 is 11.0 Å². The Morgan fingerprint density at radius 2 is 1.96 bits per heavy atom. The normalized spacial score (nSPS) is 24.9. The zero-order valence-electron chi connectivity index (χ0n) is 14.9. The van der Waals surface area contributed by atoms with Gasteiger partial charge >= 0.3 is 5.69 Å². The minimum Gasteiger partial charge on any atom is -0.394 e. The van der Waals surface area contributed by atoms with Crippen molar-refractivity contribution in [2.24, 2.45) is 0 Å². The summed E-state index contributed by atoms with van der Waals surface area (Å²) in [5.74, 6) is 0. The van der Waals surface area contributed by atoms with Crippen molar-refractivity contribution in [3.63, 3.8) is 0 Å². The van der Waals surface area contributed by atoms with E-state index in [1.165, 1.54) is 6.20 Å². The molecule has 0 radical (unpaired) electrons. The molecule has 1 aliphatic heterocycles. The molecule has 4 rings (SSSR count). The van der Waals surface area contributed by atoms with Crippen LogP contribution in [-0.2, 0) is 11.3 Å². The average Bonchev–Trinajstić information content (AvgIpc) is 3.22. The van der Waals surface area contributed by atoms with E-state index in [2.05, 4.69) is 5.16 Å². The monoisotopic (exact) mass is 389 g/mol. The molecule has 1 fully saturated rings. The molecule has 1 aromatic carbocycles. The van der Waals surface area contributed by atoms with Crippen LogP contribution in [0.3, 0.4) is 0 Å². The number of rotatable bonds is 4. The maximum absolute atomic E-state index is 12.9. The molecule has 10 heteroatoms. The van der Waals surface area contributed by atoms with Gasteiger partial charge in [0.2, 0.25) is 0 Å². The Morgan fingerprint density at radius 3 is 2.68 bits per heavy atom. The molecule has 3 aromatic rings. The molecule has 0 amide bonds. The van der Waals surface area contributed by atoms with E-state index in [1.807, 2.05) is 19.1 Å². The number of aliphatic hydroxyl groups excluding tert-OH is 3. The van der Waals surface area contributed by atoms with Crippen LogP contribution in [0.25, 0.3) is 11.0 Å². The first-order valence-electron chi connectivity index (χ1n) is 8.70. The number of benzene rings is 1. The Hall–Kier alpha value is -2.79. The Labute approximate surface area is 157 Å². The van der Waals surface area contributed by atoms with Crippen molar-refractivity contribution in [1.82, 2.24) is 14.3 Å². The number of ether oxygens (including phenoxy) is 1. The van der Waals surface area contributed by atoms with Gasteiger partial charge in [-0.05, 0) is 18.6 Å². The highest BCUT2D eigenvalue weighted by Gasteiger charge is 2.43. The predicted molar refractivity (Wildman–Crippen MR) is 95.8 cm³/mol. The van der Waals surface area contributed by atoms with Crippen LogP contribution in [0.15, 0.2) is 44.6 Å². The largest absolute Gasteiger partial charge is 0.394 e. The number of aromatic nitrogens is 3. The number of aliphatic hydroxyl groups is 3. The summed E-state index contributed by atoms with van der Waals surface area (Å²) in [5, 5.41) is 34.0. The van der Waals surface area contributed by atoms with Crippen LogP contribution in [0.2, 0.25) is 0 Å². The van der Waals surface area contributed by atoms with Crippen molar-refractivity contribution in [3.8, 4) is 0 Å². The summed E-state index contributed by atoms with van der Waals surface area (Å²) in [6, 6.07) is 6.58. The maximum Gasteiger partial charge on any atom is 0.333 e. The Balaban J connectivity index is 1.76. The van der Waals surface area contributed by atoms with E-state index in [9.17, 15) is 24.9 Å². The Kier molecular flexibility index (Phi) is 4.63. The molecule has 0 bridgehead atoms. The smallest absolute Gasteiger partial charge is 0.333 e. The fourth-order valence-electron chi connectivity index (χ4n) is 3.47. The fraction of sp³-hybridized carbons (Fsp3) is 0.389. The zero-order valence-corrected chi connectivity index (χ0v) is 14.9. The summed E-state index contributed by atoms with van der Waals surface area (Å²) in [7, 11) is 0. The third-order valence-electron chi connectivity index (χ3n) is 4.97. The fourth-order valence-corrected chi connectivity index (χ4v) is 3.47. The van der Waals surface area contributed by atoms with Crippen LogP contribution in [0.1, 0.15) is 17.5 Å². The van der Waals surface area contributed by atoms with Crippen LogP contribution in [0, 0.1) is 6.92 Å². The molecule has 0 aliphatic carbocycles. The van der Waals surface area contributed by atoms with Crippen LogP contribution in [0.5, 0.6) is 0 Å². The summed E-state index contributed by atoms with van der Waals surface area (Å²) >= 11 is 0. The molecule has 0 spiro atoms. The van der Waals surface area contributed by atoms with Crippen LogP contribution >= 0.6 is 0 Å². The van der Waals surface area contributed by atoms with E-state index < -0.39 is 42.4 Å². The molecule has 2 aromatic heterocycles. The average molecular weight is 389 g/mol. The van der Waals surface area contributed by atoms with E-state index in [0.29, 0.717) is 11.3 Å². The van der Waals surface area contributed by atoms with Gasteiger partial charge in [0.15, 0.2) is 11.8 Å². The van der Waals surface area contributed by atoms with Crippen molar-refractivity contribution in [2.75, 3.05) is 6.61 Å². The number of nitrogens with zero attached hydrogens (tertiary/aromatic N) is 3. The standard InChI is InChI=1S/C18H19N3O7/c1-9-3-2-4-11-14(9)10(19-28-11)7-21-13(23)5-6-20(18(21)26)17-16(25)15(24)12(8-22)27-17/h2-6,12,15-17,22,24-25H,7-8H2,1H3/t12-,15+,16?,17-/m1/s1. The first kappa shape index (κ1) is 18.6. The first-order valence-corrected chi connectivity index (χ1v) is 8.70. The van der Waals surface area contributed by atoms with Gasteiger partial charge in [-0.2, -0.15) is 0 Å². The van der Waals surface area contributed by atoms with Gasteiger partial charge in [0.1, 0.15) is 24.0 Å². The molecule has 28 heavy (non-hydrogen) atoms. The van der Waals surface area contributed by atoms with Gasteiger partial charge in [0.05, 0.1) is 13.2 Å². The van der Waals surface area contributed by atoms with E-state index in [0.717, 1.165) is 26.2 Å². The Bertz CT molecular complexity index is 1130. The van der Waals surface area contributed by atoms with Gasteiger partial charge in [0, 0.05) is 17.6 Å². The molecule has 1 unspecified atom stereocenters. The van der Waals surface area contributed by atoms with E-state index in [-0.39, 0.29) is 6.54 Å². The molecule has 3 heterocycles. The summed E-state index contributed by atoms with van der Waals surface area (Å²) in [6.45, 7) is 1.21. The molecular formula is C18H19N3O7. The molecule has 1 saturated heterocycles. The lowest BCUT2D eigenvalue weighted by Crippen LogP contribution is -2.43. The SMILES string of the molecule is Cc1cccc2onc(Cn3c(=O)ccn([C@@H]4O[C@H](CO)[C@H](O)C4O)c3=O)c12. The first-order chi connectivity index (χ1) is 13.4. The van der Waals surface area contributed by atoms with Crippen molar-refractivity contribution < 1.29 is 24.6 Å². The van der Waals surface area contributed by atoms with E-state index in [4.69, 9.17) is 9.26 Å². The summed E-state index contributed by atoms with van der Waals surface area (Å²) in [6.07, 6.45) is -3.87. The lowest BCUT2D eigenvalue weighted by atomic mass is 10.1. The Morgan fingerprint density at radius 1 is 1.18 bits per heavy atom. The minimum absolute atomic E-state index is 0.134. The molecule has 4 atom stereocenters. The van der Waals surface area contributed by atoms with Gasteiger partial charge in [0.25, 0.3) is 5.56 Å². The second-order valence-electron chi connectivity index (χ2n) is 6.74. The molecular weight excluding hydrogens is 370 g/mol. The molecule has 1 aliphatic rings. The molecule has 148 valence electrons. The highest BCUT2D eigenvalue weighted by molar-refractivity contribution is 5.82. The van der Waals surface area contributed by atoms with Crippen LogP contribution in [0.4, 0.5) is 0 Å². The van der Waals surface area contributed by atoms with Crippen LogP contribution < -0.4 is 11.2 Å². The number of hydrogen-bond donors (Lipinski definition) is 3. The lowest BCUT2D eigenvalue weighted by Gasteiger charge is -2.18. The van der Waals surface area contributed by atoms with Crippen molar-refractivity contribution in [2.45, 2.75) is 38.0 Å². The lowest BCUT2D eigenvalue weighted by molar-refractivity contribution is -0.0555. The minimum atomic E-state index is -1.43. The molecule has 10 nitrogen and oxygen atoms in total. The van der Waals surface area contributed by atoms with E-state index >= 15 is 0 Å². The second kappa shape index (κ2) is 6.99. The summed E-state index contributed by atoms with van der Waals surface area (Å²) in [5.41, 5.74) is 0.556. The molecule has 3 N–H and O–H groups in total. The second-order valence-corrected chi connectivity index (χ2v) is 6.74. The number of aryl methyl sites for hydroxylation is 1. The third-order valence-corrected chi connectivity index (χ3v) is 4.97. The van der Waals surface area contributed by atoms with Gasteiger partial charge < -0.3 is 24.6 Å². The zero-order chi connectivity index (χ0) is 20.0. The maximum atomic E-state index is 12.9. The topological polar surface area (TPSA) is 140 Å². The van der Waals surface area contributed by atoms with Crippen molar-refractivity contribution in [1.29, 1.82) is 0 Å². The summed E-state index contributed by atoms with van der Waals surface area (Å²) in [4.78, 5) is 25.2. The summed E-state index contributed by atoms with van der Waals surface area (Å²) < 4.78 is 12.6. The van der Waals surface area contributed by atoms with E-state index in [1.54, 1.807) is 6.07 Å². The third kappa shape index (κ3) is 2.87. The van der Waals surface area contributed by atoms with Gasteiger partial charge in [-0.1, -0.05) is 17.3 Å². The number of fused-ring (bicyclic) bond motifs is 1. The van der Waals surface area contributed by atoms with Gasteiger partial charge in [-0.25, -0.2) is 4.79 Å².